The minimum Gasteiger partial charge on any atom is -0.426 e. The van der Waals surface area contributed by atoms with Gasteiger partial charge in [0.15, 0.2) is 0 Å². The summed E-state index contributed by atoms with van der Waals surface area (Å²) in [4.78, 5) is 15.6. The molecule has 4 rings (SSSR count). The van der Waals surface area contributed by atoms with E-state index < -0.39 is 10.0 Å². The van der Waals surface area contributed by atoms with E-state index in [0.717, 1.165) is 18.7 Å². The molecule has 2 fully saturated rings. The first-order chi connectivity index (χ1) is 16.3. The number of hydrogen-bond acceptors (Lipinski definition) is 6. The molecule has 2 unspecified atom stereocenters. The molecule has 0 amide bonds. The van der Waals surface area contributed by atoms with Gasteiger partial charge in [-0.05, 0) is 74.6 Å². The third-order valence-corrected chi connectivity index (χ3v) is 8.65. The van der Waals surface area contributed by atoms with Gasteiger partial charge in [-0.3, -0.25) is 4.79 Å². The summed E-state index contributed by atoms with van der Waals surface area (Å²) in [5.41, 5.74) is 2.74. The second-order valence-corrected chi connectivity index (χ2v) is 11.3. The van der Waals surface area contributed by atoms with E-state index >= 15 is 0 Å². The van der Waals surface area contributed by atoms with Gasteiger partial charge in [-0.25, -0.2) is 8.42 Å². The zero-order valence-corrected chi connectivity index (χ0v) is 21.1. The molecule has 7 nitrogen and oxygen atoms in total. The van der Waals surface area contributed by atoms with Crippen molar-refractivity contribution < 1.29 is 17.9 Å². The Kier molecular flexibility index (Phi) is 7.60. The van der Waals surface area contributed by atoms with Gasteiger partial charge in [0.1, 0.15) is 5.75 Å². The maximum absolute atomic E-state index is 13.1. The van der Waals surface area contributed by atoms with Crippen molar-refractivity contribution in [3.8, 4) is 5.75 Å². The van der Waals surface area contributed by atoms with Crippen LogP contribution in [0.25, 0.3) is 0 Å². The maximum atomic E-state index is 13.1. The zero-order chi connectivity index (χ0) is 24.3. The van der Waals surface area contributed by atoms with Gasteiger partial charge in [-0.15, -0.1) is 0 Å². The second-order valence-electron chi connectivity index (χ2n) is 9.31. The van der Waals surface area contributed by atoms with E-state index in [1.165, 1.54) is 28.9 Å². The number of sulfonamides is 1. The van der Waals surface area contributed by atoms with E-state index in [9.17, 15) is 13.2 Å². The summed E-state index contributed by atoms with van der Waals surface area (Å²) >= 11 is 0. The van der Waals surface area contributed by atoms with Crippen molar-refractivity contribution in [3.05, 3.63) is 53.6 Å². The van der Waals surface area contributed by atoms with Gasteiger partial charge in [0, 0.05) is 44.5 Å². The van der Waals surface area contributed by atoms with Gasteiger partial charge >= 0.3 is 5.97 Å². The monoisotopic (exact) mass is 485 g/mol. The standard InChI is InChI=1S/C26H35N3O4S/c1-4-24(21-7-9-22(10-8-21)28-14-5-6-15-28)26(30)33-25-12-11-23(17-19(25)2)34(31,32)29-16-13-27-20(3)18-29/h7-12,17,20,24,27H,4-6,13-16,18H2,1-3H3. The largest absolute Gasteiger partial charge is 0.426 e. The molecule has 2 saturated heterocycles. The SMILES string of the molecule is CCC(C(=O)Oc1ccc(S(=O)(=O)N2CCNC(C)C2)cc1C)c1ccc(N2CCCC2)cc1. The lowest BCUT2D eigenvalue weighted by atomic mass is 9.96. The summed E-state index contributed by atoms with van der Waals surface area (Å²) in [6.07, 6.45) is 3.06. The number of anilines is 1. The molecular formula is C26H35N3O4S. The predicted octanol–water partition coefficient (Wildman–Crippen LogP) is 3.68. The molecule has 0 radical (unpaired) electrons. The van der Waals surface area contributed by atoms with Crippen molar-refractivity contribution in [2.24, 2.45) is 0 Å². The molecule has 0 aliphatic carbocycles. The molecule has 2 aromatic carbocycles. The summed E-state index contributed by atoms with van der Waals surface area (Å²) in [5, 5.41) is 3.26. The number of esters is 1. The van der Waals surface area contributed by atoms with Crippen molar-refractivity contribution >= 4 is 21.7 Å². The Bertz CT molecular complexity index is 1110. The minimum atomic E-state index is -3.59. The molecule has 0 saturated carbocycles. The Balaban J connectivity index is 1.46. The highest BCUT2D eigenvalue weighted by Gasteiger charge is 2.29. The number of benzene rings is 2. The molecule has 0 spiro atoms. The molecular weight excluding hydrogens is 450 g/mol. The fraction of sp³-hybridized carbons (Fsp3) is 0.500. The second kappa shape index (κ2) is 10.5. The van der Waals surface area contributed by atoms with Crippen LogP contribution < -0.4 is 15.0 Å². The molecule has 1 N–H and O–H groups in total. The average molecular weight is 486 g/mol. The van der Waals surface area contributed by atoms with Crippen molar-refractivity contribution in [2.75, 3.05) is 37.6 Å². The summed E-state index contributed by atoms with van der Waals surface area (Å²) in [5.74, 6) is -0.311. The van der Waals surface area contributed by atoms with Gasteiger partial charge in [-0.1, -0.05) is 19.1 Å². The molecule has 34 heavy (non-hydrogen) atoms. The van der Waals surface area contributed by atoms with Gasteiger partial charge in [0.05, 0.1) is 10.8 Å². The number of hydrogen-bond donors (Lipinski definition) is 1. The summed E-state index contributed by atoms with van der Waals surface area (Å²) in [6, 6.07) is 13.0. The van der Waals surface area contributed by atoms with Gasteiger partial charge in [0.25, 0.3) is 0 Å². The quantitative estimate of drug-likeness (QED) is 0.476. The topological polar surface area (TPSA) is 79.0 Å². The normalized spacial score (nSPS) is 20.3. The van der Waals surface area contributed by atoms with Crippen LogP contribution in [0.4, 0.5) is 5.69 Å². The predicted molar refractivity (Wildman–Crippen MR) is 134 cm³/mol. The molecule has 2 atom stereocenters. The highest BCUT2D eigenvalue weighted by molar-refractivity contribution is 7.89. The van der Waals surface area contributed by atoms with E-state index in [0.29, 0.717) is 37.4 Å². The number of carbonyl (C=O) groups excluding carboxylic acids is 1. The summed E-state index contributed by atoms with van der Waals surface area (Å²) in [7, 11) is -3.59. The van der Waals surface area contributed by atoms with Crippen LogP contribution in [0, 0.1) is 6.92 Å². The van der Waals surface area contributed by atoms with E-state index in [1.807, 2.05) is 26.0 Å². The van der Waals surface area contributed by atoms with Crippen molar-refractivity contribution in [1.82, 2.24) is 9.62 Å². The number of ether oxygens (including phenoxy) is 1. The molecule has 0 bridgehead atoms. The van der Waals surface area contributed by atoms with Crippen LogP contribution in [0.3, 0.4) is 0 Å². The highest BCUT2D eigenvalue weighted by atomic mass is 32.2. The molecule has 8 heteroatoms. The molecule has 2 aliphatic heterocycles. The molecule has 0 aromatic heterocycles. The van der Waals surface area contributed by atoms with Crippen LogP contribution in [-0.4, -0.2) is 57.5 Å². The van der Waals surface area contributed by atoms with Crippen molar-refractivity contribution in [3.63, 3.8) is 0 Å². The Morgan fingerprint density at radius 3 is 2.44 bits per heavy atom. The molecule has 2 aromatic rings. The van der Waals surface area contributed by atoms with Crippen LogP contribution in [-0.2, 0) is 14.8 Å². The molecule has 184 valence electrons. The Hall–Kier alpha value is -2.42. The van der Waals surface area contributed by atoms with Crippen molar-refractivity contribution in [1.29, 1.82) is 0 Å². The Morgan fingerprint density at radius 1 is 1.12 bits per heavy atom. The summed E-state index contributed by atoms with van der Waals surface area (Å²) < 4.78 is 33.4. The van der Waals surface area contributed by atoms with Crippen LogP contribution >= 0.6 is 0 Å². The number of rotatable bonds is 7. The lowest BCUT2D eigenvalue weighted by Gasteiger charge is -2.31. The first-order valence-corrected chi connectivity index (χ1v) is 13.6. The van der Waals surface area contributed by atoms with E-state index in [4.69, 9.17) is 4.74 Å². The third kappa shape index (κ3) is 5.29. The van der Waals surface area contributed by atoms with Crippen LogP contribution in [0.2, 0.25) is 0 Å². The fourth-order valence-electron chi connectivity index (χ4n) is 4.77. The molecule has 2 aliphatic rings. The maximum Gasteiger partial charge on any atom is 0.318 e. The smallest absolute Gasteiger partial charge is 0.318 e. The lowest BCUT2D eigenvalue weighted by Crippen LogP contribution is -2.51. The highest BCUT2D eigenvalue weighted by Crippen LogP contribution is 2.29. The molecule has 2 heterocycles. The first-order valence-electron chi connectivity index (χ1n) is 12.2. The number of aryl methyl sites for hydroxylation is 1. The first kappa shape index (κ1) is 24.7. The van der Waals surface area contributed by atoms with E-state index in [-0.39, 0.29) is 22.8 Å². The van der Waals surface area contributed by atoms with E-state index in [1.54, 1.807) is 19.1 Å². The van der Waals surface area contributed by atoms with Gasteiger partial charge in [0.2, 0.25) is 10.0 Å². The van der Waals surface area contributed by atoms with E-state index in [2.05, 4.69) is 22.3 Å². The number of piperazine rings is 1. The number of carbonyl (C=O) groups is 1. The number of nitrogens with zero attached hydrogens (tertiary/aromatic N) is 2. The fourth-order valence-corrected chi connectivity index (χ4v) is 6.39. The lowest BCUT2D eigenvalue weighted by molar-refractivity contribution is -0.136. The zero-order valence-electron chi connectivity index (χ0n) is 20.3. The van der Waals surface area contributed by atoms with Gasteiger partial charge in [-0.2, -0.15) is 4.31 Å². The van der Waals surface area contributed by atoms with Gasteiger partial charge < -0.3 is 15.0 Å². The Morgan fingerprint density at radius 2 is 1.82 bits per heavy atom. The Labute approximate surface area is 203 Å². The third-order valence-electron chi connectivity index (χ3n) is 6.79. The van der Waals surface area contributed by atoms with Crippen molar-refractivity contribution in [2.45, 2.75) is 56.9 Å². The average Bonchev–Trinajstić information content (AvgIpc) is 3.36. The number of nitrogens with one attached hydrogen (secondary N) is 1. The van der Waals surface area contributed by atoms with Crippen LogP contribution in [0.15, 0.2) is 47.4 Å². The van der Waals surface area contributed by atoms with Crippen LogP contribution in [0.1, 0.15) is 50.2 Å². The van der Waals surface area contributed by atoms with Crippen LogP contribution in [0.5, 0.6) is 5.75 Å². The minimum absolute atomic E-state index is 0.111. The summed E-state index contributed by atoms with van der Waals surface area (Å²) in [6.45, 7) is 9.38.